The highest BCUT2D eigenvalue weighted by Crippen LogP contribution is 2.25. The molecule has 0 aliphatic heterocycles. The Bertz CT molecular complexity index is 981. The molecule has 0 amide bonds. The number of hydrogen-bond donors (Lipinski definition) is 1. The predicted molar refractivity (Wildman–Crippen MR) is 125 cm³/mol. The van der Waals surface area contributed by atoms with Crippen LogP contribution in [0.5, 0.6) is 11.5 Å². The number of aliphatic carboxylic acids is 1. The summed E-state index contributed by atoms with van der Waals surface area (Å²) in [6.07, 6.45) is 11.4. The fraction of sp³-hybridized carbons (Fsp3) is 0.296. The molecule has 0 fully saturated rings. The van der Waals surface area contributed by atoms with Crippen LogP contribution in [0, 0.1) is 0 Å². The van der Waals surface area contributed by atoms with Gasteiger partial charge in [-0.3, -0.25) is 0 Å². The van der Waals surface area contributed by atoms with Gasteiger partial charge in [-0.15, -0.1) is 0 Å². The van der Waals surface area contributed by atoms with Crippen LogP contribution in [-0.2, 0) is 4.79 Å². The highest BCUT2D eigenvalue weighted by molar-refractivity contribution is 5.77. The van der Waals surface area contributed by atoms with E-state index in [1.807, 2.05) is 0 Å². The van der Waals surface area contributed by atoms with Gasteiger partial charge in [0.1, 0.15) is 18.1 Å². The Morgan fingerprint density at radius 2 is 1.74 bits per heavy atom. The van der Waals surface area contributed by atoms with E-state index < -0.39 is 11.6 Å². The van der Waals surface area contributed by atoms with Crippen LogP contribution in [0.15, 0.2) is 72.8 Å². The molecule has 1 N–H and O–H groups in total. The zero-order valence-corrected chi connectivity index (χ0v) is 18.4. The minimum atomic E-state index is -1.23. The van der Waals surface area contributed by atoms with Gasteiger partial charge in [0.05, 0.1) is 0 Å². The quantitative estimate of drug-likeness (QED) is 0.503. The molecule has 0 heterocycles. The zero-order chi connectivity index (χ0) is 22.3. The van der Waals surface area contributed by atoms with Crippen molar-refractivity contribution in [2.45, 2.75) is 45.6 Å². The summed E-state index contributed by atoms with van der Waals surface area (Å²) in [4.78, 5) is 11.4. The summed E-state index contributed by atoms with van der Waals surface area (Å²) in [5.74, 6) is 0.237. The van der Waals surface area contributed by atoms with Gasteiger partial charge in [0.2, 0.25) is 5.60 Å². The molecule has 4 nitrogen and oxygen atoms in total. The van der Waals surface area contributed by atoms with Gasteiger partial charge < -0.3 is 14.6 Å². The molecule has 3 rings (SSSR count). The summed E-state index contributed by atoms with van der Waals surface area (Å²) in [6.45, 7) is 5.89. The molecule has 0 spiro atoms. The number of allylic oxidation sites excluding steroid dienone is 5. The summed E-state index contributed by atoms with van der Waals surface area (Å²) in [5.41, 5.74) is 3.62. The molecule has 0 saturated heterocycles. The van der Waals surface area contributed by atoms with Crippen molar-refractivity contribution < 1.29 is 19.4 Å². The minimum Gasteiger partial charge on any atom is -0.490 e. The van der Waals surface area contributed by atoms with E-state index in [0.29, 0.717) is 24.5 Å². The fourth-order valence-electron chi connectivity index (χ4n) is 3.26. The van der Waals surface area contributed by atoms with Crippen molar-refractivity contribution >= 4 is 17.1 Å². The smallest absolute Gasteiger partial charge is 0.347 e. The lowest BCUT2D eigenvalue weighted by molar-refractivity contribution is -0.154. The number of ether oxygens (including phenoxy) is 2. The second kappa shape index (κ2) is 10.2. The Labute approximate surface area is 184 Å². The lowest BCUT2D eigenvalue weighted by atomic mass is 9.97. The van der Waals surface area contributed by atoms with Crippen molar-refractivity contribution in [3.05, 3.63) is 84.0 Å². The fourth-order valence-corrected chi connectivity index (χ4v) is 3.26. The molecule has 0 bridgehead atoms. The van der Waals surface area contributed by atoms with E-state index in [9.17, 15) is 9.90 Å². The molecule has 0 saturated carbocycles. The van der Waals surface area contributed by atoms with Gasteiger partial charge >= 0.3 is 5.97 Å². The van der Waals surface area contributed by atoms with Crippen LogP contribution in [0.4, 0.5) is 0 Å². The van der Waals surface area contributed by atoms with Crippen LogP contribution in [0.3, 0.4) is 0 Å². The van der Waals surface area contributed by atoms with E-state index in [1.165, 1.54) is 16.7 Å². The van der Waals surface area contributed by atoms with Crippen molar-refractivity contribution in [3.8, 4) is 11.5 Å². The molecule has 0 aromatic heterocycles. The van der Waals surface area contributed by atoms with Crippen molar-refractivity contribution in [3.63, 3.8) is 0 Å². The Morgan fingerprint density at radius 1 is 1.06 bits per heavy atom. The van der Waals surface area contributed by atoms with E-state index in [1.54, 1.807) is 38.1 Å². The van der Waals surface area contributed by atoms with Gasteiger partial charge in [-0.2, -0.15) is 0 Å². The molecule has 1 aliphatic carbocycles. The maximum Gasteiger partial charge on any atom is 0.347 e. The first-order valence-electron chi connectivity index (χ1n) is 10.7. The van der Waals surface area contributed by atoms with Crippen LogP contribution in [0.2, 0.25) is 0 Å². The molecule has 0 unspecified atom stereocenters. The van der Waals surface area contributed by atoms with Gasteiger partial charge in [-0.05, 0) is 85.7 Å². The third-order valence-corrected chi connectivity index (χ3v) is 5.60. The predicted octanol–water partition coefficient (Wildman–Crippen LogP) is 6.53. The van der Waals surface area contributed by atoms with Gasteiger partial charge in [-0.1, -0.05) is 49.4 Å². The number of rotatable bonds is 9. The van der Waals surface area contributed by atoms with Gasteiger partial charge in [0.25, 0.3) is 0 Å². The molecule has 4 heteroatoms. The second-order valence-electron chi connectivity index (χ2n) is 7.88. The number of benzene rings is 2. The summed E-state index contributed by atoms with van der Waals surface area (Å²) < 4.78 is 11.5. The molecule has 31 heavy (non-hydrogen) atoms. The van der Waals surface area contributed by atoms with Gasteiger partial charge in [0.15, 0.2) is 0 Å². The maximum absolute atomic E-state index is 11.4. The molecule has 0 radical (unpaired) electrons. The molecule has 162 valence electrons. The lowest BCUT2D eigenvalue weighted by Gasteiger charge is -2.24. The topological polar surface area (TPSA) is 55.8 Å². The van der Waals surface area contributed by atoms with Crippen molar-refractivity contribution in [1.29, 1.82) is 0 Å². The first kappa shape index (κ1) is 22.4. The van der Waals surface area contributed by atoms with E-state index >= 15 is 0 Å². The van der Waals surface area contributed by atoms with Crippen LogP contribution < -0.4 is 9.47 Å². The Hall–Kier alpha value is -3.27. The Morgan fingerprint density at radius 3 is 2.32 bits per heavy atom. The van der Waals surface area contributed by atoms with Crippen molar-refractivity contribution in [1.82, 2.24) is 0 Å². The molecule has 1 aliphatic rings. The third-order valence-electron chi connectivity index (χ3n) is 5.60. The normalized spacial score (nSPS) is 15.7. The lowest BCUT2D eigenvalue weighted by Crippen LogP contribution is -2.40. The first-order valence-corrected chi connectivity index (χ1v) is 10.7. The van der Waals surface area contributed by atoms with Crippen LogP contribution >= 0.6 is 0 Å². The number of carbonyl (C=O) groups is 1. The number of hydrogen-bond acceptors (Lipinski definition) is 3. The van der Waals surface area contributed by atoms with E-state index in [0.717, 1.165) is 18.4 Å². The van der Waals surface area contributed by atoms with Crippen molar-refractivity contribution in [2.75, 3.05) is 6.61 Å². The average Bonchev–Trinajstić information content (AvgIpc) is 2.80. The first-order chi connectivity index (χ1) is 14.9. The molecule has 2 aromatic rings. The molecular weight excluding hydrogens is 388 g/mol. The van der Waals surface area contributed by atoms with E-state index in [2.05, 4.69) is 55.5 Å². The van der Waals surface area contributed by atoms with Gasteiger partial charge in [0, 0.05) is 0 Å². The van der Waals surface area contributed by atoms with Crippen LogP contribution in [0.25, 0.3) is 11.1 Å². The van der Waals surface area contributed by atoms with E-state index in [-0.39, 0.29) is 0 Å². The summed E-state index contributed by atoms with van der Waals surface area (Å²) in [6, 6.07) is 15.6. The average molecular weight is 419 g/mol. The Balaban J connectivity index is 1.55. The molecule has 2 aromatic carbocycles. The zero-order valence-electron chi connectivity index (χ0n) is 18.4. The summed E-state index contributed by atoms with van der Waals surface area (Å²) in [7, 11) is 0. The highest BCUT2D eigenvalue weighted by atomic mass is 16.5. The van der Waals surface area contributed by atoms with Gasteiger partial charge in [-0.25, -0.2) is 4.79 Å². The summed E-state index contributed by atoms with van der Waals surface area (Å²) in [5, 5.41) is 9.33. The van der Waals surface area contributed by atoms with E-state index in [4.69, 9.17) is 9.47 Å². The molecule has 1 atom stereocenters. The van der Waals surface area contributed by atoms with Crippen molar-refractivity contribution in [2.24, 2.45) is 0 Å². The number of carboxylic acid groups (broad SMARTS) is 1. The summed E-state index contributed by atoms with van der Waals surface area (Å²) >= 11 is 0. The Kier molecular flexibility index (Phi) is 7.35. The van der Waals surface area contributed by atoms with Crippen LogP contribution in [0.1, 0.15) is 51.2 Å². The largest absolute Gasteiger partial charge is 0.490 e. The minimum absolute atomic E-state index is 0.375. The monoisotopic (exact) mass is 418 g/mol. The SMILES string of the molecule is CC[C@@](C)(Oc1ccc(OC/C=C(\C)c2ccc(C3=CCCC=C3)cc2)cc1)C(=O)O. The third kappa shape index (κ3) is 5.88. The maximum atomic E-state index is 11.4. The van der Waals surface area contributed by atoms with Crippen LogP contribution in [-0.4, -0.2) is 23.3 Å². The highest BCUT2D eigenvalue weighted by Gasteiger charge is 2.33. The second-order valence-corrected chi connectivity index (χ2v) is 7.88. The standard InChI is InChI=1S/C27H30O4/c1-4-27(3,26(28)29)31-25-16-14-24(15-17-25)30-19-18-20(2)21-10-12-23(13-11-21)22-8-6-5-7-9-22/h6,8-18H,4-5,7,19H2,1-3H3,(H,28,29)/b20-18+/t27-/m1/s1. The number of carboxylic acids is 1. The molecular formula is C27H30O4.